The van der Waals surface area contributed by atoms with Crippen LogP contribution in [0.4, 0.5) is 0 Å². The molecular formula is C50H84N4O36. The molecule has 7 fully saturated rings. The molecule has 23 N–H and O–H groups in total. The summed E-state index contributed by atoms with van der Waals surface area (Å²) in [6, 6.07) is -6.63. The minimum absolute atomic E-state index is 0.724. The summed E-state index contributed by atoms with van der Waals surface area (Å²) in [7, 11) is 0. The van der Waals surface area contributed by atoms with Gasteiger partial charge in [-0.1, -0.05) is 0 Å². The second-order valence-electron chi connectivity index (χ2n) is 22.6. The van der Waals surface area contributed by atoms with Crippen LogP contribution in [0.2, 0.25) is 0 Å². The van der Waals surface area contributed by atoms with Crippen LogP contribution in [0.1, 0.15) is 27.7 Å². The lowest BCUT2D eigenvalue weighted by Crippen LogP contribution is -2.70. The predicted octanol–water partition coefficient (Wildman–Crippen LogP) is -15.7. The Hall–Kier alpha value is -3.40. The molecule has 35 atom stereocenters. The topological polar surface area (TPSA) is 621 Å². The summed E-state index contributed by atoms with van der Waals surface area (Å²) >= 11 is 0. The lowest BCUT2D eigenvalue weighted by molar-refractivity contribution is -0.394. The maximum atomic E-state index is 12.8. The summed E-state index contributed by atoms with van der Waals surface area (Å²) in [6.45, 7) is -2.72. The summed E-state index contributed by atoms with van der Waals surface area (Å²) in [5.74, 6) is -3.18. The Balaban J connectivity index is 1.20. The van der Waals surface area contributed by atoms with Crippen LogP contribution in [-0.2, 0) is 80.8 Å². The number of aliphatic hydroxyl groups is 19. The Bertz CT molecular complexity index is 2310. The first-order valence-electron chi connectivity index (χ1n) is 28.6. The summed E-state index contributed by atoms with van der Waals surface area (Å²) in [6.07, 6.45) is -61.0. The van der Waals surface area contributed by atoms with Gasteiger partial charge in [-0.2, -0.15) is 0 Å². The molecule has 40 nitrogen and oxygen atoms in total. The largest absolute Gasteiger partial charge is 0.394 e. The fourth-order valence-electron chi connectivity index (χ4n) is 11.4. The third-order valence-corrected chi connectivity index (χ3v) is 16.1. The van der Waals surface area contributed by atoms with E-state index in [0.29, 0.717) is 0 Å². The van der Waals surface area contributed by atoms with E-state index in [0.717, 1.165) is 27.7 Å². The average Bonchev–Trinajstić information content (AvgIpc) is 0.816. The molecule has 7 aliphatic heterocycles. The van der Waals surface area contributed by atoms with Crippen molar-refractivity contribution in [2.24, 2.45) is 0 Å². The van der Waals surface area contributed by atoms with Crippen molar-refractivity contribution >= 4 is 23.6 Å². The van der Waals surface area contributed by atoms with Gasteiger partial charge in [0.05, 0.1) is 46.2 Å². The summed E-state index contributed by atoms with van der Waals surface area (Å²) < 4.78 is 75.9. The van der Waals surface area contributed by atoms with E-state index in [9.17, 15) is 116 Å². The number of carbonyl (C=O) groups excluding carboxylic acids is 4. The van der Waals surface area contributed by atoms with Crippen LogP contribution in [0.15, 0.2) is 0 Å². The van der Waals surface area contributed by atoms with Gasteiger partial charge in [0, 0.05) is 27.7 Å². The second kappa shape index (κ2) is 32.4. The fourth-order valence-corrected chi connectivity index (χ4v) is 11.4. The van der Waals surface area contributed by atoms with Gasteiger partial charge in [0.25, 0.3) is 0 Å². The van der Waals surface area contributed by atoms with Crippen LogP contribution in [0, 0.1) is 0 Å². The number of amides is 4. The minimum atomic E-state index is -2.43. The van der Waals surface area contributed by atoms with Gasteiger partial charge in [-0.15, -0.1) is 0 Å². The van der Waals surface area contributed by atoms with Crippen LogP contribution in [0.5, 0.6) is 0 Å². The van der Waals surface area contributed by atoms with Crippen molar-refractivity contribution in [3.63, 3.8) is 0 Å². The first kappa shape index (κ1) is 74.0. The molecule has 4 amide bonds. The highest BCUT2D eigenvalue weighted by Crippen LogP contribution is 2.37. The molecule has 40 heteroatoms. The van der Waals surface area contributed by atoms with E-state index in [1.807, 2.05) is 0 Å². The van der Waals surface area contributed by atoms with E-state index >= 15 is 0 Å². The number of carbonyl (C=O) groups is 4. The standard InChI is InChI=1S/C50H84N4O36/c1-12(60)51-23-34(71)40(19(8-58)80-44(23)77)87-47-26(54-15(4)63)35(72)41(20(9-59)84-47)88-49-39(76)42(89-50-43(37(74)29(66)18(7-57)83-50)90-46-25(53-14(3)62)33(70)28(65)17(6-56)82-46)31(68)22(86-49)11-79-48-38(75)36(73)30(67)21(85-48)10-78-45-24(52-13(2)61)32(69)27(64)16(5-55)81-45/h16-50,55-59,64-77H,5-11H2,1-4H3,(H,51,60)(H,52,61)(H,53,62)(H,54,63)/t16-,17-,18-,19-,20-,21-,22-,23-,24-,25-,26-,27-,28-,29-,30-,31-,32-,33-,34-,35-,36+,37+,38+,39+,40-,41-,42+,43+,44?,45-,46+,47+,48+,49+,50-/m1/s1. The molecule has 7 heterocycles. The Morgan fingerprint density at radius 1 is 0.289 bits per heavy atom. The zero-order chi connectivity index (χ0) is 66.5. The fraction of sp³-hybridized carbons (Fsp3) is 0.920. The molecule has 0 saturated carbocycles. The van der Waals surface area contributed by atoms with Crippen molar-refractivity contribution < 1.29 is 178 Å². The van der Waals surface area contributed by atoms with Gasteiger partial charge in [0.15, 0.2) is 44.0 Å². The number of ether oxygens (including phenoxy) is 13. The average molecular weight is 1320 g/mol. The van der Waals surface area contributed by atoms with Crippen molar-refractivity contribution in [1.82, 2.24) is 21.3 Å². The Morgan fingerprint density at radius 2 is 0.622 bits per heavy atom. The summed E-state index contributed by atoms with van der Waals surface area (Å²) in [5.41, 5.74) is 0. The molecule has 7 aliphatic rings. The van der Waals surface area contributed by atoms with Gasteiger partial charge in [0.1, 0.15) is 171 Å². The van der Waals surface area contributed by atoms with Gasteiger partial charge in [0.2, 0.25) is 23.6 Å². The van der Waals surface area contributed by atoms with Gasteiger partial charge in [-0.05, 0) is 0 Å². The SMILES string of the molecule is CC(=O)N[C@H]1[C@H](O[C@H]2[C@H](O)[C@@H](NC(C)=O)C(O)O[C@@H]2CO)O[C@H](CO)[C@@H](O[C@@H]2O[C@H](CO[C@H]3O[C@H](CO[C@@H]4O[C@H](CO)[C@@H](O)[C@H](O)[C@H]4NC(C)=O)[C@@H](O)[C@H](O)[C@@H]3O)[C@@H](O)[C@H](O[C@H]3O[C@H](CO)[C@@H](O)[C@H](O)[C@@H]3O[C@@H]3O[C@H](CO)[C@@H](O)[C@H](O)[C@H]3NC(C)=O)[C@@H]2O)[C@@H]1O. The predicted molar refractivity (Wildman–Crippen MR) is 278 cm³/mol. The molecule has 1 unspecified atom stereocenters. The molecule has 0 aromatic carbocycles. The van der Waals surface area contributed by atoms with Crippen LogP contribution in [-0.4, -0.2) is 382 Å². The zero-order valence-electron chi connectivity index (χ0n) is 48.6. The van der Waals surface area contributed by atoms with Crippen LogP contribution < -0.4 is 21.3 Å². The Kier molecular flexibility index (Phi) is 26.6. The lowest BCUT2D eigenvalue weighted by atomic mass is 9.94. The smallest absolute Gasteiger partial charge is 0.217 e. The highest BCUT2D eigenvalue weighted by atomic mass is 16.8. The zero-order valence-corrected chi connectivity index (χ0v) is 48.6. The first-order chi connectivity index (χ1) is 42.5. The monoisotopic (exact) mass is 1320 g/mol. The van der Waals surface area contributed by atoms with E-state index in [4.69, 9.17) is 61.6 Å². The molecule has 0 spiro atoms. The quantitative estimate of drug-likeness (QED) is 0.0452. The normalized spacial score (nSPS) is 47.6. The van der Waals surface area contributed by atoms with Gasteiger partial charge in [-0.3, -0.25) is 19.2 Å². The number of hydrogen-bond acceptors (Lipinski definition) is 36. The van der Waals surface area contributed by atoms with Crippen LogP contribution in [0.3, 0.4) is 0 Å². The van der Waals surface area contributed by atoms with Crippen molar-refractivity contribution in [1.29, 1.82) is 0 Å². The second-order valence-corrected chi connectivity index (χ2v) is 22.6. The number of nitrogens with one attached hydrogen (secondary N) is 4. The van der Waals surface area contributed by atoms with Gasteiger partial charge < -0.3 is 180 Å². The number of aliphatic hydroxyl groups excluding tert-OH is 19. The molecular weight excluding hydrogens is 1230 g/mol. The number of hydrogen-bond donors (Lipinski definition) is 23. The van der Waals surface area contributed by atoms with E-state index in [1.165, 1.54) is 0 Å². The Morgan fingerprint density at radius 3 is 1.12 bits per heavy atom. The maximum absolute atomic E-state index is 12.8. The molecule has 0 aliphatic carbocycles. The third kappa shape index (κ3) is 16.6. The van der Waals surface area contributed by atoms with E-state index in [-0.39, 0.29) is 0 Å². The van der Waals surface area contributed by atoms with E-state index < -0.39 is 285 Å². The third-order valence-electron chi connectivity index (χ3n) is 16.1. The Labute approximate surface area is 510 Å². The van der Waals surface area contributed by atoms with E-state index in [1.54, 1.807) is 0 Å². The molecule has 0 bridgehead atoms. The van der Waals surface area contributed by atoms with Crippen molar-refractivity contribution in [2.45, 2.75) is 242 Å². The molecule has 90 heavy (non-hydrogen) atoms. The van der Waals surface area contributed by atoms with Crippen molar-refractivity contribution in [2.75, 3.05) is 46.2 Å². The number of rotatable bonds is 23. The molecule has 7 rings (SSSR count). The maximum Gasteiger partial charge on any atom is 0.217 e. The molecule has 0 radical (unpaired) electrons. The summed E-state index contributed by atoms with van der Waals surface area (Å²) in [5, 5.41) is 218. The summed E-state index contributed by atoms with van der Waals surface area (Å²) in [4.78, 5) is 49.2. The lowest BCUT2D eigenvalue weighted by Gasteiger charge is -2.51. The molecule has 0 aromatic rings. The van der Waals surface area contributed by atoms with Crippen molar-refractivity contribution in [3.05, 3.63) is 0 Å². The molecule has 520 valence electrons. The highest BCUT2D eigenvalue weighted by molar-refractivity contribution is 5.74. The minimum Gasteiger partial charge on any atom is -0.394 e. The van der Waals surface area contributed by atoms with Gasteiger partial charge in [-0.25, -0.2) is 0 Å². The van der Waals surface area contributed by atoms with Crippen LogP contribution >= 0.6 is 0 Å². The van der Waals surface area contributed by atoms with E-state index in [2.05, 4.69) is 21.3 Å². The molecule has 0 aromatic heterocycles. The van der Waals surface area contributed by atoms with Crippen LogP contribution in [0.25, 0.3) is 0 Å². The highest BCUT2D eigenvalue weighted by Gasteiger charge is 2.58. The van der Waals surface area contributed by atoms with Gasteiger partial charge >= 0.3 is 0 Å². The molecule has 7 saturated heterocycles. The van der Waals surface area contributed by atoms with Crippen molar-refractivity contribution in [3.8, 4) is 0 Å². The first-order valence-corrected chi connectivity index (χ1v) is 28.6.